The quantitative estimate of drug-likeness (QED) is 0.903. The van der Waals surface area contributed by atoms with Crippen molar-refractivity contribution in [2.24, 2.45) is 0 Å². The van der Waals surface area contributed by atoms with Gasteiger partial charge in [-0.25, -0.2) is 13.4 Å². The highest BCUT2D eigenvalue weighted by molar-refractivity contribution is 7.90. The fraction of sp³-hybridized carbons (Fsp3) is 0.111. The molecule has 0 saturated heterocycles. The van der Waals surface area contributed by atoms with Crippen LogP contribution in [0.1, 0.15) is 5.56 Å². The molecule has 0 amide bonds. The van der Waals surface area contributed by atoms with Gasteiger partial charge in [-0.1, -0.05) is 23.7 Å². The fourth-order valence-corrected chi connectivity index (χ4v) is 2.50. The molecule has 0 bridgehead atoms. The molecule has 84 valence electrons. The summed E-state index contributed by atoms with van der Waals surface area (Å²) >= 11 is 5.70. The summed E-state index contributed by atoms with van der Waals surface area (Å²) in [6.07, 6.45) is 1.23. The number of halogens is 1. The van der Waals surface area contributed by atoms with Crippen LogP contribution < -0.4 is 0 Å². The van der Waals surface area contributed by atoms with Crippen molar-refractivity contribution < 1.29 is 8.42 Å². The maximum atomic E-state index is 11.8. The van der Waals surface area contributed by atoms with E-state index in [1.807, 2.05) is 0 Å². The standard InChI is InChI=1S/C9H8ClN3O2S/c10-8-3-1-7(2-4-8)5-16(14,15)9-11-6-12-13-9/h1-4,6H,5H2,(H,11,12,13). The summed E-state index contributed by atoms with van der Waals surface area (Å²) in [7, 11) is -3.48. The molecule has 2 rings (SSSR count). The summed E-state index contributed by atoms with van der Waals surface area (Å²) in [5.41, 5.74) is 0.647. The van der Waals surface area contributed by atoms with Gasteiger partial charge in [-0.15, -0.1) is 5.10 Å². The summed E-state index contributed by atoms with van der Waals surface area (Å²) in [5.74, 6) is -0.137. The van der Waals surface area contributed by atoms with Gasteiger partial charge in [0, 0.05) is 5.02 Å². The van der Waals surface area contributed by atoms with Crippen molar-refractivity contribution in [1.29, 1.82) is 0 Å². The maximum absolute atomic E-state index is 11.8. The minimum atomic E-state index is -3.48. The summed E-state index contributed by atoms with van der Waals surface area (Å²) in [6.45, 7) is 0. The zero-order valence-corrected chi connectivity index (χ0v) is 9.66. The van der Waals surface area contributed by atoms with Crippen LogP contribution in [-0.2, 0) is 15.6 Å². The predicted octanol–water partition coefficient (Wildman–Crippen LogP) is 1.43. The van der Waals surface area contributed by atoms with Crippen LogP contribution in [0.25, 0.3) is 0 Å². The van der Waals surface area contributed by atoms with Gasteiger partial charge >= 0.3 is 0 Å². The van der Waals surface area contributed by atoms with E-state index in [-0.39, 0.29) is 10.9 Å². The number of aromatic nitrogens is 3. The highest BCUT2D eigenvalue weighted by atomic mass is 35.5. The molecule has 0 aliphatic carbocycles. The molecule has 0 saturated carbocycles. The number of aromatic amines is 1. The molecule has 1 N–H and O–H groups in total. The average Bonchev–Trinajstić information content (AvgIpc) is 2.75. The van der Waals surface area contributed by atoms with Crippen LogP contribution in [0.3, 0.4) is 0 Å². The molecule has 0 atom stereocenters. The van der Waals surface area contributed by atoms with E-state index in [2.05, 4.69) is 15.2 Å². The number of hydrogen-bond acceptors (Lipinski definition) is 4. The number of sulfone groups is 1. The Labute approximate surface area is 97.4 Å². The van der Waals surface area contributed by atoms with Gasteiger partial charge in [-0.2, -0.15) is 0 Å². The first-order valence-corrected chi connectivity index (χ1v) is 6.44. The van der Waals surface area contributed by atoms with Crippen molar-refractivity contribution in [3.63, 3.8) is 0 Å². The third kappa shape index (κ3) is 2.40. The van der Waals surface area contributed by atoms with Crippen molar-refractivity contribution >= 4 is 21.4 Å². The Kier molecular flexibility index (Phi) is 2.93. The lowest BCUT2D eigenvalue weighted by Gasteiger charge is -2.00. The molecule has 0 radical (unpaired) electrons. The van der Waals surface area contributed by atoms with Gasteiger partial charge in [0.1, 0.15) is 6.33 Å². The lowest BCUT2D eigenvalue weighted by Crippen LogP contribution is -2.06. The largest absolute Gasteiger partial charge is 0.266 e. The molecule has 0 aliphatic heterocycles. The van der Waals surface area contributed by atoms with Gasteiger partial charge in [-0.3, -0.25) is 5.10 Å². The second kappa shape index (κ2) is 4.23. The van der Waals surface area contributed by atoms with Crippen LogP contribution in [0.15, 0.2) is 35.7 Å². The minimum Gasteiger partial charge on any atom is -0.265 e. The van der Waals surface area contributed by atoms with Crippen molar-refractivity contribution in [3.8, 4) is 0 Å². The molecular weight excluding hydrogens is 250 g/mol. The van der Waals surface area contributed by atoms with Crippen molar-refractivity contribution in [2.45, 2.75) is 10.9 Å². The lowest BCUT2D eigenvalue weighted by molar-refractivity contribution is 0.587. The van der Waals surface area contributed by atoms with Crippen LogP contribution in [0.5, 0.6) is 0 Å². The molecule has 0 aliphatic rings. The first-order valence-electron chi connectivity index (χ1n) is 4.41. The average molecular weight is 258 g/mol. The molecule has 0 spiro atoms. The molecule has 1 aromatic heterocycles. The fourth-order valence-electron chi connectivity index (χ4n) is 1.21. The van der Waals surface area contributed by atoms with Crippen LogP contribution in [0.4, 0.5) is 0 Å². The van der Waals surface area contributed by atoms with Gasteiger partial charge < -0.3 is 0 Å². The van der Waals surface area contributed by atoms with Gasteiger partial charge in [0.05, 0.1) is 5.75 Å². The monoisotopic (exact) mass is 257 g/mol. The highest BCUT2D eigenvalue weighted by Crippen LogP contribution is 2.14. The number of rotatable bonds is 3. The van der Waals surface area contributed by atoms with Crippen molar-refractivity contribution in [3.05, 3.63) is 41.2 Å². The molecule has 1 heterocycles. The van der Waals surface area contributed by atoms with E-state index < -0.39 is 9.84 Å². The lowest BCUT2D eigenvalue weighted by atomic mass is 10.2. The summed E-state index contributed by atoms with van der Waals surface area (Å²) < 4.78 is 23.5. The zero-order chi connectivity index (χ0) is 11.6. The molecule has 16 heavy (non-hydrogen) atoms. The number of H-pyrrole nitrogens is 1. The van der Waals surface area contributed by atoms with E-state index in [1.165, 1.54) is 6.33 Å². The van der Waals surface area contributed by atoms with Gasteiger partial charge in [0.2, 0.25) is 9.84 Å². The highest BCUT2D eigenvalue weighted by Gasteiger charge is 2.18. The zero-order valence-electron chi connectivity index (χ0n) is 8.09. The number of hydrogen-bond donors (Lipinski definition) is 1. The van der Waals surface area contributed by atoms with E-state index in [4.69, 9.17) is 11.6 Å². The Morgan fingerprint density at radius 1 is 1.25 bits per heavy atom. The number of nitrogens with one attached hydrogen (secondary N) is 1. The summed E-state index contributed by atoms with van der Waals surface area (Å²) in [5, 5.41) is 6.30. The van der Waals surface area contributed by atoms with Crippen LogP contribution in [0, 0.1) is 0 Å². The van der Waals surface area contributed by atoms with E-state index in [1.54, 1.807) is 24.3 Å². The number of benzene rings is 1. The van der Waals surface area contributed by atoms with Crippen LogP contribution in [-0.4, -0.2) is 23.6 Å². The smallest absolute Gasteiger partial charge is 0.265 e. The molecule has 7 heteroatoms. The van der Waals surface area contributed by atoms with Gasteiger partial charge in [0.25, 0.3) is 5.16 Å². The third-order valence-corrected chi connectivity index (χ3v) is 3.66. The normalized spacial score (nSPS) is 11.6. The Morgan fingerprint density at radius 2 is 1.94 bits per heavy atom. The molecule has 5 nitrogen and oxygen atoms in total. The first-order chi connectivity index (χ1) is 7.58. The van der Waals surface area contributed by atoms with Crippen LogP contribution in [0.2, 0.25) is 5.02 Å². The first kappa shape index (κ1) is 11.1. The molecule has 0 fully saturated rings. The van der Waals surface area contributed by atoms with E-state index in [9.17, 15) is 8.42 Å². The maximum Gasteiger partial charge on any atom is 0.266 e. The molecule has 1 aromatic carbocycles. The topological polar surface area (TPSA) is 75.7 Å². The van der Waals surface area contributed by atoms with Gasteiger partial charge in [0.15, 0.2) is 0 Å². The Morgan fingerprint density at radius 3 is 2.50 bits per heavy atom. The van der Waals surface area contributed by atoms with E-state index in [0.717, 1.165) is 0 Å². The summed E-state index contributed by atoms with van der Waals surface area (Å²) in [4.78, 5) is 3.62. The van der Waals surface area contributed by atoms with E-state index in [0.29, 0.717) is 10.6 Å². The predicted molar refractivity (Wildman–Crippen MR) is 58.7 cm³/mol. The van der Waals surface area contributed by atoms with Crippen LogP contribution >= 0.6 is 11.6 Å². The molecule has 0 unspecified atom stereocenters. The third-order valence-electron chi connectivity index (χ3n) is 1.94. The Hall–Kier alpha value is -1.40. The number of nitrogens with zero attached hydrogens (tertiary/aromatic N) is 2. The Balaban J connectivity index is 2.25. The van der Waals surface area contributed by atoms with Gasteiger partial charge in [-0.05, 0) is 17.7 Å². The molecule has 2 aromatic rings. The SMILES string of the molecule is O=S(=O)(Cc1ccc(Cl)cc1)c1nc[nH]n1. The molecular formula is C9H8ClN3O2S. The Bertz CT molecular complexity index is 563. The summed E-state index contributed by atoms with van der Waals surface area (Å²) in [6, 6.07) is 6.61. The van der Waals surface area contributed by atoms with Crippen molar-refractivity contribution in [1.82, 2.24) is 15.2 Å². The minimum absolute atomic E-state index is 0.137. The second-order valence-corrected chi connectivity index (χ2v) is 5.49. The van der Waals surface area contributed by atoms with E-state index >= 15 is 0 Å². The second-order valence-electron chi connectivity index (χ2n) is 3.17. The van der Waals surface area contributed by atoms with Crippen molar-refractivity contribution in [2.75, 3.05) is 0 Å².